The van der Waals surface area contributed by atoms with Gasteiger partial charge < -0.3 is 21.9 Å². The second-order valence-corrected chi connectivity index (χ2v) is 1.82. The van der Waals surface area contributed by atoms with Gasteiger partial charge in [0.2, 0.25) is 17.8 Å². The van der Waals surface area contributed by atoms with E-state index in [1.165, 1.54) is 0 Å². The Morgan fingerprint density at radius 2 is 1.00 bits per heavy atom. The Morgan fingerprint density at radius 3 is 1.17 bits per heavy atom. The zero-order chi connectivity index (χ0) is 9.56. The summed E-state index contributed by atoms with van der Waals surface area (Å²) in [5, 5.41) is 0. The van der Waals surface area contributed by atoms with Crippen molar-refractivity contribution in [1.82, 2.24) is 15.0 Å². The molecule has 0 bridgehead atoms. The number of hydrogen-bond acceptors (Lipinski definition) is 7. The number of ether oxygens (including phenoxy) is 1. The number of aromatic nitrogens is 3. The minimum absolute atomic E-state index is 0.0417. The fraction of sp³-hybridized carbons (Fsp3) is 0.400. The van der Waals surface area contributed by atoms with Gasteiger partial charge >= 0.3 is 0 Å². The van der Waals surface area contributed by atoms with Crippen LogP contribution in [0.5, 0.6) is 0 Å². The maximum Gasteiger partial charge on any atom is 0.226 e. The van der Waals surface area contributed by atoms with Gasteiger partial charge in [-0.25, -0.2) is 0 Å². The molecule has 0 saturated carbocycles. The van der Waals surface area contributed by atoms with Crippen LogP contribution in [0, 0.1) is 0 Å². The van der Waals surface area contributed by atoms with Crippen LogP contribution < -0.4 is 17.2 Å². The second kappa shape index (κ2) is 5.08. The summed E-state index contributed by atoms with van der Waals surface area (Å²) in [6.07, 6.45) is 0. The van der Waals surface area contributed by atoms with Crippen LogP contribution in [-0.4, -0.2) is 29.2 Å². The molecule has 0 aliphatic rings. The van der Waals surface area contributed by atoms with Gasteiger partial charge in [0.15, 0.2) is 0 Å². The van der Waals surface area contributed by atoms with Crippen LogP contribution >= 0.6 is 0 Å². The summed E-state index contributed by atoms with van der Waals surface area (Å²) in [7, 11) is 3.25. The van der Waals surface area contributed by atoms with Crippen molar-refractivity contribution in [3.63, 3.8) is 0 Å². The molecule has 7 nitrogen and oxygen atoms in total. The number of nitrogen functional groups attached to an aromatic ring is 3. The van der Waals surface area contributed by atoms with Crippen molar-refractivity contribution in [3.05, 3.63) is 0 Å². The summed E-state index contributed by atoms with van der Waals surface area (Å²) in [6.45, 7) is 0. The third-order valence-electron chi connectivity index (χ3n) is 0.687. The molecule has 7 heteroatoms. The van der Waals surface area contributed by atoms with E-state index in [1.807, 2.05) is 0 Å². The number of nitrogens with two attached hydrogens (primary N) is 3. The first kappa shape index (κ1) is 10.4. The van der Waals surface area contributed by atoms with Gasteiger partial charge in [-0.3, -0.25) is 0 Å². The van der Waals surface area contributed by atoms with Gasteiger partial charge in [0.1, 0.15) is 0 Å². The third-order valence-corrected chi connectivity index (χ3v) is 0.687. The van der Waals surface area contributed by atoms with Crippen LogP contribution in [0.1, 0.15) is 0 Å². The fourth-order valence-corrected chi connectivity index (χ4v) is 0.427. The molecule has 1 aromatic heterocycles. The first-order valence-corrected chi connectivity index (χ1v) is 3.02. The Kier molecular flexibility index (Phi) is 4.39. The zero-order valence-electron chi connectivity index (χ0n) is 6.98. The van der Waals surface area contributed by atoms with Crippen LogP contribution in [0.2, 0.25) is 0 Å². The molecule has 0 spiro atoms. The quantitative estimate of drug-likeness (QED) is 0.452. The van der Waals surface area contributed by atoms with E-state index in [4.69, 9.17) is 17.2 Å². The molecular formula is C5H12N6O. The topological polar surface area (TPSA) is 126 Å². The van der Waals surface area contributed by atoms with E-state index in [2.05, 4.69) is 19.7 Å². The van der Waals surface area contributed by atoms with E-state index in [9.17, 15) is 0 Å². The molecular weight excluding hydrogens is 160 g/mol. The summed E-state index contributed by atoms with van der Waals surface area (Å²) < 4.78 is 4.25. The Bertz CT molecular complexity index is 189. The third kappa shape index (κ3) is 4.23. The highest BCUT2D eigenvalue weighted by molar-refractivity contribution is 5.33. The monoisotopic (exact) mass is 172 g/mol. The van der Waals surface area contributed by atoms with E-state index in [1.54, 1.807) is 14.2 Å². The van der Waals surface area contributed by atoms with Crippen molar-refractivity contribution < 1.29 is 4.74 Å². The SMILES string of the molecule is COC.Nc1nc(N)nc(N)n1. The predicted octanol–water partition coefficient (Wildman–Crippen LogP) is -1.12. The molecule has 1 aromatic rings. The van der Waals surface area contributed by atoms with E-state index >= 15 is 0 Å². The lowest BCUT2D eigenvalue weighted by atomic mass is 10.9. The minimum Gasteiger partial charge on any atom is -0.388 e. The average molecular weight is 172 g/mol. The van der Waals surface area contributed by atoms with Crippen LogP contribution in [-0.2, 0) is 4.74 Å². The van der Waals surface area contributed by atoms with E-state index in [-0.39, 0.29) is 17.8 Å². The number of hydrogen-bond donors (Lipinski definition) is 3. The normalized spacial score (nSPS) is 8.50. The lowest BCUT2D eigenvalue weighted by Crippen LogP contribution is -2.05. The number of methoxy groups -OCH3 is 1. The van der Waals surface area contributed by atoms with Crippen molar-refractivity contribution in [2.75, 3.05) is 31.4 Å². The van der Waals surface area contributed by atoms with Gasteiger partial charge in [0.05, 0.1) is 0 Å². The first-order valence-electron chi connectivity index (χ1n) is 3.02. The minimum atomic E-state index is 0.0417. The van der Waals surface area contributed by atoms with Crippen molar-refractivity contribution in [1.29, 1.82) is 0 Å². The second-order valence-electron chi connectivity index (χ2n) is 1.82. The molecule has 0 aromatic carbocycles. The highest BCUT2D eigenvalue weighted by Crippen LogP contribution is 1.97. The fourth-order valence-electron chi connectivity index (χ4n) is 0.427. The van der Waals surface area contributed by atoms with Gasteiger partial charge in [0, 0.05) is 14.2 Å². The summed E-state index contributed by atoms with van der Waals surface area (Å²) in [6, 6.07) is 0. The van der Waals surface area contributed by atoms with Gasteiger partial charge in [0.25, 0.3) is 0 Å². The highest BCUT2D eigenvalue weighted by Gasteiger charge is 1.93. The summed E-state index contributed by atoms with van der Waals surface area (Å²) in [4.78, 5) is 10.5. The largest absolute Gasteiger partial charge is 0.388 e. The molecule has 0 amide bonds. The smallest absolute Gasteiger partial charge is 0.226 e. The molecule has 0 aliphatic heterocycles. The van der Waals surface area contributed by atoms with Crippen molar-refractivity contribution in [2.24, 2.45) is 0 Å². The molecule has 0 aliphatic carbocycles. The Balaban J connectivity index is 0.000000354. The summed E-state index contributed by atoms with van der Waals surface area (Å²) in [5.74, 6) is 0.125. The van der Waals surface area contributed by atoms with Gasteiger partial charge in [-0.15, -0.1) is 0 Å². The molecule has 0 radical (unpaired) electrons. The number of anilines is 3. The number of nitrogens with zero attached hydrogens (tertiary/aromatic N) is 3. The maximum absolute atomic E-state index is 5.14. The standard InChI is InChI=1S/C3H6N6.C2H6O/c4-1-7-2(5)9-3(6)8-1;1-3-2/h(H6,4,5,6,7,8,9);1-2H3. The molecule has 1 heterocycles. The molecule has 68 valence electrons. The van der Waals surface area contributed by atoms with Crippen LogP contribution in [0.15, 0.2) is 0 Å². The molecule has 0 saturated heterocycles. The number of rotatable bonds is 0. The van der Waals surface area contributed by atoms with E-state index < -0.39 is 0 Å². The van der Waals surface area contributed by atoms with Gasteiger partial charge in [-0.05, 0) is 0 Å². The molecule has 6 N–H and O–H groups in total. The predicted molar refractivity (Wildman–Crippen MR) is 46.0 cm³/mol. The Morgan fingerprint density at radius 1 is 0.833 bits per heavy atom. The van der Waals surface area contributed by atoms with Crippen molar-refractivity contribution >= 4 is 17.8 Å². The zero-order valence-corrected chi connectivity index (χ0v) is 6.98. The Labute approximate surface area is 70.0 Å². The summed E-state index contributed by atoms with van der Waals surface area (Å²) >= 11 is 0. The van der Waals surface area contributed by atoms with Crippen LogP contribution in [0.4, 0.5) is 17.8 Å². The summed E-state index contributed by atoms with van der Waals surface area (Å²) in [5.41, 5.74) is 15.4. The van der Waals surface area contributed by atoms with Gasteiger partial charge in [-0.1, -0.05) is 0 Å². The van der Waals surface area contributed by atoms with Gasteiger partial charge in [-0.2, -0.15) is 15.0 Å². The lowest BCUT2D eigenvalue weighted by Gasteiger charge is -1.93. The molecule has 0 unspecified atom stereocenters. The lowest BCUT2D eigenvalue weighted by molar-refractivity contribution is 0.277. The molecule has 0 atom stereocenters. The van der Waals surface area contributed by atoms with Crippen LogP contribution in [0.3, 0.4) is 0 Å². The molecule has 0 fully saturated rings. The average Bonchev–Trinajstić information content (AvgIpc) is 1.84. The Hall–Kier alpha value is -1.63. The molecule has 1 rings (SSSR count). The van der Waals surface area contributed by atoms with Crippen molar-refractivity contribution in [2.45, 2.75) is 0 Å². The van der Waals surface area contributed by atoms with E-state index in [0.717, 1.165) is 0 Å². The highest BCUT2D eigenvalue weighted by atomic mass is 16.4. The van der Waals surface area contributed by atoms with Crippen LogP contribution in [0.25, 0.3) is 0 Å². The maximum atomic E-state index is 5.14. The molecule has 12 heavy (non-hydrogen) atoms. The van der Waals surface area contributed by atoms with E-state index in [0.29, 0.717) is 0 Å². The van der Waals surface area contributed by atoms with Crippen molar-refractivity contribution in [3.8, 4) is 0 Å². The first-order chi connectivity index (χ1) is 5.60.